The maximum atomic E-state index is 11.8. The van der Waals surface area contributed by atoms with Crippen LogP contribution in [-0.4, -0.2) is 22.7 Å². The lowest BCUT2D eigenvalue weighted by Crippen LogP contribution is -2.54. The summed E-state index contributed by atoms with van der Waals surface area (Å²) in [6.07, 6.45) is 6.00. The smallest absolute Gasteiger partial charge is 0.243 e. The average molecular weight is 327 g/mol. The van der Waals surface area contributed by atoms with Gasteiger partial charge in [-0.1, -0.05) is 40.0 Å². The van der Waals surface area contributed by atoms with Crippen molar-refractivity contribution < 1.29 is 4.79 Å². The molecular formula is C15H29N5OS. The molecule has 0 saturated heterocycles. The third-order valence-corrected chi connectivity index (χ3v) is 3.64. The number of hydrazine groups is 1. The molecule has 0 aromatic carbocycles. The van der Waals surface area contributed by atoms with Crippen LogP contribution in [-0.2, 0) is 4.79 Å². The summed E-state index contributed by atoms with van der Waals surface area (Å²) < 4.78 is 0. The molecule has 6 nitrogen and oxygen atoms in total. The molecule has 7 heteroatoms. The number of rotatable bonds is 3. The summed E-state index contributed by atoms with van der Waals surface area (Å²) in [6, 6.07) is 0.331. The Hall–Kier alpha value is -1.24. The number of thiocarbonyl (C=S) groups is 1. The summed E-state index contributed by atoms with van der Waals surface area (Å²) in [5, 5.41) is 12.2. The van der Waals surface area contributed by atoms with Crippen LogP contribution in [0.4, 0.5) is 0 Å². The zero-order chi connectivity index (χ0) is 16.8. The van der Waals surface area contributed by atoms with Gasteiger partial charge >= 0.3 is 0 Å². The third-order valence-electron chi connectivity index (χ3n) is 3.44. The lowest BCUT2D eigenvalue weighted by atomic mass is 9.96. The van der Waals surface area contributed by atoms with Crippen LogP contribution in [0.5, 0.6) is 0 Å². The highest BCUT2D eigenvalue weighted by molar-refractivity contribution is 7.80. The summed E-state index contributed by atoms with van der Waals surface area (Å²) in [5.41, 5.74) is 4.21. The van der Waals surface area contributed by atoms with E-state index in [0.717, 1.165) is 12.8 Å². The highest BCUT2D eigenvalue weighted by atomic mass is 32.1. The van der Waals surface area contributed by atoms with Gasteiger partial charge in [0.15, 0.2) is 5.11 Å². The molecule has 1 aliphatic carbocycles. The average Bonchev–Trinajstić information content (AvgIpc) is 2.42. The van der Waals surface area contributed by atoms with E-state index in [1.807, 2.05) is 34.6 Å². The number of nitrogens with zero attached hydrogens (tertiary/aromatic N) is 2. The highest BCUT2D eigenvalue weighted by Gasteiger charge is 2.23. The van der Waals surface area contributed by atoms with Gasteiger partial charge in [-0.05, 0) is 38.9 Å². The molecule has 1 amide bonds. The summed E-state index contributed by atoms with van der Waals surface area (Å²) in [4.78, 5) is 11.8. The molecule has 22 heavy (non-hydrogen) atoms. The van der Waals surface area contributed by atoms with Crippen LogP contribution in [0.1, 0.15) is 66.7 Å². The van der Waals surface area contributed by atoms with Crippen molar-refractivity contribution in [2.45, 2.75) is 78.4 Å². The first kappa shape index (κ1) is 18.8. The molecule has 0 heterocycles. The van der Waals surface area contributed by atoms with Crippen molar-refractivity contribution in [3.8, 4) is 0 Å². The van der Waals surface area contributed by atoms with Crippen LogP contribution in [0.15, 0.2) is 10.2 Å². The van der Waals surface area contributed by atoms with E-state index < -0.39 is 11.1 Å². The standard InChI is InChI=1S/C15H29N5OS/c1-14(2,3)12(21)18-19-13(22)16-15(4,5)20-17-11-9-7-6-8-10-11/h11H,6-10H2,1-5H3,(H,18,21)(H2,16,19,22)/b20-17+. The van der Waals surface area contributed by atoms with Crippen molar-refractivity contribution in [1.29, 1.82) is 0 Å². The molecule has 0 aliphatic heterocycles. The SMILES string of the molecule is CC(C)(/N=N/C1CCCCC1)NC(=S)NNC(=O)C(C)(C)C. The van der Waals surface area contributed by atoms with Gasteiger partial charge in [0.05, 0.1) is 6.04 Å². The summed E-state index contributed by atoms with van der Waals surface area (Å²) in [7, 11) is 0. The zero-order valence-electron chi connectivity index (χ0n) is 14.3. The Morgan fingerprint density at radius 3 is 2.18 bits per heavy atom. The van der Waals surface area contributed by atoms with E-state index in [2.05, 4.69) is 26.4 Å². The summed E-state index contributed by atoms with van der Waals surface area (Å²) >= 11 is 5.18. The summed E-state index contributed by atoms with van der Waals surface area (Å²) in [6.45, 7) is 9.31. The Bertz CT molecular complexity index is 422. The minimum atomic E-state index is -0.603. The molecule has 0 atom stereocenters. The van der Waals surface area contributed by atoms with Crippen molar-refractivity contribution in [1.82, 2.24) is 16.2 Å². The quantitative estimate of drug-likeness (QED) is 0.423. The van der Waals surface area contributed by atoms with Crippen molar-refractivity contribution in [3.05, 3.63) is 0 Å². The maximum absolute atomic E-state index is 11.8. The molecule has 0 bridgehead atoms. The predicted octanol–water partition coefficient (Wildman–Crippen LogP) is 3.05. The molecule has 3 N–H and O–H groups in total. The first-order valence-electron chi connectivity index (χ1n) is 7.91. The highest BCUT2D eigenvalue weighted by Crippen LogP contribution is 2.21. The first-order chi connectivity index (χ1) is 10.1. The molecule has 0 radical (unpaired) electrons. The van der Waals surface area contributed by atoms with Crippen LogP contribution in [0.2, 0.25) is 0 Å². The van der Waals surface area contributed by atoms with Crippen LogP contribution in [0, 0.1) is 5.41 Å². The van der Waals surface area contributed by atoms with E-state index in [1.165, 1.54) is 19.3 Å². The Labute approximate surface area is 138 Å². The molecule has 0 aromatic rings. The number of nitrogens with one attached hydrogen (secondary N) is 3. The van der Waals surface area contributed by atoms with Gasteiger partial charge in [-0.2, -0.15) is 10.2 Å². The second-order valence-corrected chi connectivity index (χ2v) is 7.76. The van der Waals surface area contributed by atoms with Crippen LogP contribution >= 0.6 is 12.2 Å². The summed E-state index contributed by atoms with van der Waals surface area (Å²) in [5.74, 6) is -0.127. The minimum absolute atomic E-state index is 0.127. The molecule has 0 spiro atoms. The normalized spacial score (nSPS) is 17.3. The third kappa shape index (κ3) is 7.15. The fraction of sp³-hybridized carbons (Fsp3) is 0.867. The molecule has 0 aromatic heterocycles. The number of carbonyl (C=O) groups excluding carboxylic acids is 1. The Morgan fingerprint density at radius 1 is 1.05 bits per heavy atom. The second-order valence-electron chi connectivity index (χ2n) is 7.35. The van der Waals surface area contributed by atoms with E-state index in [0.29, 0.717) is 11.2 Å². The number of amides is 1. The van der Waals surface area contributed by atoms with Crippen molar-refractivity contribution >= 4 is 23.2 Å². The van der Waals surface area contributed by atoms with Gasteiger partial charge in [0.25, 0.3) is 0 Å². The van der Waals surface area contributed by atoms with E-state index in [9.17, 15) is 4.79 Å². The Balaban J connectivity index is 2.41. The Kier molecular flexibility index (Phi) is 6.71. The van der Waals surface area contributed by atoms with E-state index in [1.54, 1.807) is 0 Å². The van der Waals surface area contributed by atoms with E-state index >= 15 is 0 Å². The molecule has 0 unspecified atom stereocenters. The molecule has 1 aliphatic rings. The van der Waals surface area contributed by atoms with Gasteiger partial charge in [0.2, 0.25) is 5.91 Å². The van der Waals surface area contributed by atoms with Crippen LogP contribution in [0.25, 0.3) is 0 Å². The topological polar surface area (TPSA) is 77.9 Å². The number of hydrogen-bond acceptors (Lipinski definition) is 4. The van der Waals surface area contributed by atoms with Crippen LogP contribution < -0.4 is 16.2 Å². The van der Waals surface area contributed by atoms with Gasteiger partial charge in [-0.25, -0.2) is 0 Å². The Morgan fingerprint density at radius 2 is 1.64 bits per heavy atom. The second kappa shape index (κ2) is 7.85. The number of carbonyl (C=O) groups is 1. The molecule has 126 valence electrons. The lowest BCUT2D eigenvalue weighted by molar-refractivity contribution is -0.129. The van der Waals surface area contributed by atoms with Gasteiger partial charge in [-0.15, -0.1) is 0 Å². The lowest BCUT2D eigenvalue weighted by Gasteiger charge is -2.25. The van der Waals surface area contributed by atoms with Crippen molar-refractivity contribution in [2.24, 2.45) is 15.6 Å². The minimum Gasteiger partial charge on any atom is -0.336 e. The van der Waals surface area contributed by atoms with Gasteiger partial charge in [0.1, 0.15) is 5.66 Å². The van der Waals surface area contributed by atoms with Gasteiger partial charge < -0.3 is 5.32 Å². The maximum Gasteiger partial charge on any atom is 0.243 e. The monoisotopic (exact) mass is 327 g/mol. The number of hydrogen-bond donors (Lipinski definition) is 3. The molecule has 1 rings (SSSR count). The van der Waals surface area contributed by atoms with E-state index in [-0.39, 0.29) is 5.91 Å². The van der Waals surface area contributed by atoms with Crippen molar-refractivity contribution in [3.63, 3.8) is 0 Å². The number of azo groups is 1. The predicted molar refractivity (Wildman–Crippen MR) is 92.3 cm³/mol. The molecule has 1 saturated carbocycles. The largest absolute Gasteiger partial charge is 0.336 e. The van der Waals surface area contributed by atoms with Crippen molar-refractivity contribution in [2.75, 3.05) is 0 Å². The first-order valence-corrected chi connectivity index (χ1v) is 8.31. The molecular weight excluding hydrogens is 298 g/mol. The van der Waals surface area contributed by atoms with Gasteiger partial charge in [-0.3, -0.25) is 15.6 Å². The van der Waals surface area contributed by atoms with Crippen LogP contribution in [0.3, 0.4) is 0 Å². The zero-order valence-corrected chi connectivity index (χ0v) is 15.1. The fourth-order valence-corrected chi connectivity index (χ4v) is 2.36. The van der Waals surface area contributed by atoms with E-state index in [4.69, 9.17) is 12.2 Å². The fourth-order valence-electron chi connectivity index (χ4n) is 2.06. The molecule has 1 fully saturated rings. The van der Waals surface area contributed by atoms with Gasteiger partial charge in [0, 0.05) is 5.41 Å².